The highest BCUT2D eigenvalue weighted by Gasteiger charge is 2.30. The summed E-state index contributed by atoms with van der Waals surface area (Å²) in [5.74, 6) is 4.52. The van der Waals surface area contributed by atoms with E-state index in [4.69, 9.17) is 4.74 Å². The number of ether oxygens (including phenoxy) is 1. The van der Waals surface area contributed by atoms with Crippen molar-refractivity contribution < 1.29 is 22.1 Å². The SMILES string of the molecule is C=S(=O)(c1ccc(OCc2cccc(C(F)(F)F)c2)cc1)c1cc2c(cc1C)CN(C)C2.CC. The molecular weight excluding hydrogens is 459 g/mol. The first kappa shape index (κ1) is 25.8. The van der Waals surface area contributed by atoms with E-state index < -0.39 is 21.3 Å². The Morgan fingerprint density at radius 2 is 1.62 bits per heavy atom. The van der Waals surface area contributed by atoms with Crippen molar-refractivity contribution in [1.29, 1.82) is 0 Å². The summed E-state index contributed by atoms with van der Waals surface area (Å²) >= 11 is 0. The third-order valence-electron chi connectivity index (χ3n) is 5.60. The van der Waals surface area contributed by atoms with Crippen LogP contribution in [-0.2, 0) is 35.4 Å². The van der Waals surface area contributed by atoms with Crippen molar-refractivity contribution in [3.63, 3.8) is 0 Å². The van der Waals surface area contributed by atoms with E-state index in [1.165, 1.54) is 17.2 Å². The summed E-state index contributed by atoms with van der Waals surface area (Å²) in [4.78, 5) is 3.51. The maximum Gasteiger partial charge on any atom is 0.416 e. The lowest BCUT2D eigenvalue weighted by Crippen LogP contribution is -2.07. The van der Waals surface area contributed by atoms with Gasteiger partial charge in [-0.15, -0.1) is 0 Å². The Kier molecular flexibility index (Phi) is 7.78. The van der Waals surface area contributed by atoms with Crippen LogP contribution in [0.15, 0.2) is 70.5 Å². The van der Waals surface area contributed by atoms with Gasteiger partial charge in [-0.25, -0.2) is 0 Å². The Hall–Kier alpha value is -2.77. The molecule has 1 aliphatic heterocycles. The van der Waals surface area contributed by atoms with Gasteiger partial charge in [0.15, 0.2) is 0 Å². The van der Waals surface area contributed by atoms with Crippen molar-refractivity contribution >= 4 is 15.4 Å². The number of rotatable bonds is 5. The van der Waals surface area contributed by atoms with Crippen LogP contribution in [0.2, 0.25) is 0 Å². The summed E-state index contributed by atoms with van der Waals surface area (Å²) in [6.45, 7) is 7.65. The van der Waals surface area contributed by atoms with Gasteiger partial charge in [-0.05, 0) is 84.6 Å². The number of hydrogen-bond acceptors (Lipinski definition) is 3. The number of benzene rings is 3. The highest BCUT2D eigenvalue weighted by molar-refractivity contribution is 8.00. The third kappa shape index (κ3) is 5.65. The van der Waals surface area contributed by atoms with Gasteiger partial charge in [0.25, 0.3) is 0 Å². The molecule has 0 aliphatic carbocycles. The number of nitrogens with zero attached hydrogens (tertiary/aromatic N) is 1. The molecule has 1 aliphatic rings. The molecule has 3 aromatic rings. The molecule has 182 valence electrons. The van der Waals surface area contributed by atoms with Gasteiger partial charge in [-0.2, -0.15) is 13.2 Å². The minimum absolute atomic E-state index is 0.000461. The molecule has 1 atom stereocenters. The van der Waals surface area contributed by atoms with Gasteiger partial charge < -0.3 is 4.74 Å². The molecule has 0 bridgehead atoms. The van der Waals surface area contributed by atoms with Gasteiger partial charge in [0, 0.05) is 32.4 Å². The van der Waals surface area contributed by atoms with E-state index in [0.29, 0.717) is 16.2 Å². The lowest BCUT2D eigenvalue weighted by molar-refractivity contribution is -0.137. The van der Waals surface area contributed by atoms with Crippen LogP contribution in [0.4, 0.5) is 13.2 Å². The average Bonchev–Trinajstić information content (AvgIpc) is 3.17. The first-order chi connectivity index (χ1) is 16.0. The number of alkyl halides is 3. The van der Waals surface area contributed by atoms with Gasteiger partial charge >= 0.3 is 6.18 Å². The second-order valence-corrected chi connectivity index (χ2v) is 10.5. The lowest BCUT2D eigenvalue weighted by Gasteiger charge is -2.15. The molecular formula is C27H30F3NO2S. The smallest absolute Gasteiger partial charge is 0.416 e. The Morgan fingerprint density at radius 3 is 2.24 bits per heavy atom. The molecule has 0 fully saturated rings. The predicted molar refractivity (Wildman–Crippen MR) is 132 cm³/mol. The van der Waals surface area contributed by atoms with E-state index in [2.05, 4.69) is 23.9 Å². The zero-order chi connectivity index (χ0) is 25.1. The molecule has 0 N–H and O–H groups in total. The summed E-state index contributed by atoms with van der Waals surface area (Å²) in [5.41, 5.74) is 3.09. The summed E-state index contributed by atoms with van der Waals surface area (Å²) in [6, 6.07) is 15.9. The van der Waals surface area contributed by atoms with Crippen LogP contribution in [0.3, 0.4) is 0 Å². The van der Waals surface area contributed by atoms with Crippen LogP contribution < -0.4 is 4.74 Å². The maximum atomic E-state index is 13.6. The van der Waals surface area contributed by atoms with Crippen LogP contribution in [0.5, 0.6) is 5.75 Å². The van der Waals surface area contributed by atoms with E-state index in [0.717, 1.165) is 35.7 Å². The molecule has 0 radical (unpaired) electrons. The maximum absolute atomic E-state index is 13.6. The topological polar surface area (TPSA) is 29.5 Å². The summed E-state index contributed by atoms with van der Waals surface area (Å²) in [5, 5.41) is 0. The lowest BCUT2D eigenvalue weighted by atomic mass is 10.1. The van der Waals surface area contributed by atoms with E-state index in [1.807, 2.05) is 26.8 Å². The van der Waals surface area contributed by atoms with Crippen LogP contribution in [0.1, 0.15) is 41.7 Å². The van der Waals surface area contributed by atoms with Gasteiger partial charge in [-0.3, -0.25) is 9.11 Å². The van der Waals surface area contributed by atoms with Crippen LogP contribution in [-0.4, -0.2) is 22.0 Å². The summed E-state index contributed by atoms with van der Waals surface area (Å²) in [7, 11) is -0.663. The number of fused-ring (bicyclic) bond motifs is 1. The van der Waals surface area contributed by atoms with Gasteiger partial charge in [0.2, 0.25) is 0 Å². The second kappa shape index (κ2) is 10.2. The molecule has 7 heteroatoms. The van der Waals surface area contributed by atoms with Crippen LogP contribution in [0.25, 0.3) is 0 Å². The zero-order valence-corrected chi connectivity index (χ0v) is 20.7. The molecule has 0 saturated carbocycles. The van der Waals surface area contributed by atoms with E-state index in [-0.39, 0.29) is 6.61 Å². The Balaban J connectivity index is 0.00000158. The molecule has 0 spiro atoms. The molecule has 0 amide bonds. The first-order valence-electron chi connectivity index (χ1n) is 11.1. The number of halogens is 3. The van der Waals surface area contributed by atoms with Gasteiger partial charge in [0.05, 0.1) is 5.56 Å². The quantitative estimate of drug-likeness (QED) is 0.374. The number of aryl methyl sites for hydroxylation is 1. The highest BCUT2D eigenvalue weighted by Crippen LogP contribution is 2.32. The monoisotopic (exact) mass is 489 g/mol. The normalized spacial score (nSPS) is 15.1. The Morgan fingerprint density at radius 1 is 1.00 bits per heavy atom. The van der Waals surface area contributed by atoms with Crippen molar-refractivity contribution in [2.45, 2.75) is 56.4 Å². The fraction of sp³-hybridized carbons (Fsp3) is 0.296. The summed E-state index contributed by atoms with van der Waals surface area (Å²) < 4.78 is 57.9. The molecule has 3 nitrogen and oxygen atoms in total. The highest BCUT2D eigenvalue weighted by atomic mass is 32.2. The molecule has 34 heavy (non-hydrogen) atoms. The van der Waals surface area contributed by atoms with Crippen LogP contribution in [0, 0.1) is 6.92 Å². The number of hydrogen-bond donors (Lipinski definition) is 0. The van der Waals surface area contributed by atoms with E-state index in [1.54, 1.807) is 30.3 Å². The summed E-state index contributed by atoms with van der Waals surface area (Å²) in [6.07, 6.45) is -4.39. The van der Waals surface area contributed by atoms with Crippen molar-refractivity contribution in [1.82, 2.24) is 4.90 Å². The second-order valence-electron chi connectivity index (χ2n) is 8.19. The molecule has 0 aromatic heterocycles. The minimum Gasteiger partial charge on any atom is -0.489 e. The zero-order valence-electron chi connectivity index (χ0n) is 19.9. The van der Waals surface area contributed by atoms with E-state index >= 15 is 0 Å². The standard InChI is InChI=1S/C25H24F3NO2S.C2H6/c1-17-11-19-14-29(2)15-20(19)13-24(17)32(3,30)23-9-7-22(8-10-23)31-16-18-5-4-6-21(12-18)25(26,27)28;1-2/h4-13H,3,14-16H2,1-2H3;1-2H3. The van der Waals surface area contributed by atoms with Gasteiger partial charge in [-0.1, -0.05) is 32.0 Å². The Labute approximate surface area is 200 Å². The van der Waals surface area contributed by atoms with Crippen LogP contribution >= 0.6 is 0 Å². The first-order valence-corrected chi connectivity index (χ1v) is 12.8. The van der Waals surface area contributed by atoms with Crippen molar-refractivity contribution in [2.75, 3.05) is 7.05 Å². The van der Waals surface area contributed by atoms with Crippen molar-refractivity contribution in [3.8, 4) is 5.75 Å². The third-order valence-corrected chi connectivity index (χ3v) is 7.78. The fourth-order valence-electron chi connectivity index (χ4n) is 3.96. The van der Waals surface area contributed by atoms with Crippen molar-refractivity contribution in [2.24, 2.45) is 0 Å². The van der Waals surface area contributed by atoms with Gasteiger partial charge in [0.1, 0.15) is 12.4 Å². The van der Waals surface area contributed by atoms with Crippen molar-refractivity contribution in [3.05, 3.63) is 88.5 Å². The average molecular weight is 490 g/mol. The molecule has 1 unspecified atom stereocenters. The largest absolute Gasteiger partial charge is 0.489 e. The molecule has 4 rings (SSSR count). The minimum atomic E-state index is -4.39. The van der Waals surface area contributed by atoms with E-state index in [9.17, 15) is 17.4 Å². The molecule has 0 saturated heterocycles. The molecule has 1 heterocycles. The molecule has 3 aromatic carbocycles. The fourth-order valence-corrected chi connectivity index (χ4v) is 5.71. The predicted octanol–water partition coefficient (Wildman–Crippen LogP) is 6.70. The Bertz CT molecular complexity index is 1250.